The minimum atomic E-state index is -0.271. The van der Waals surface area contributed by atoms with Gasteiger partial charge in [0.15, 0.2) is 0 Å². The second-order valence-electron chi connectivity index (χ2n) is 5.10. The van der Waals surface area contributed by atoms with Gasteiger partial charge in [0.25, 0.3) is 0 Å². The first-order chi connectivity index (χ1) is 9.66. The van der Waals surface area contributed by atoms with Gasteiger partial charge in [0, 0.05) is 20.2 Å². The predicted molar refractivity (Wildman–Crippen MR) is 73.2 cm³/mol. The fraction of sp³-hybridized carbons (Fsp3) is 0.615. The number of amides is 1. The van der Waals surface area contributed by atoms with Crippen LogP contribution in [0.4, 0.5) is 0 Å². The number of hydrogen-bond acceptors (Lipinski definition) is 4. The monoisotopic (exact) mass is 277 g/mol. The lowest BCUT2D eigenvalue weighted by Crippen LogP contribution is -2.36. The van der Waals surface area contributed by atoms with Crippen molar-refractivity contribution < 1.29 is 9.53 Å². The highest BCUT2D eigenvalue weighted by Crippen LogP contribution is 2.16. The van der Waals surface area contributed by atoms with Crippen molar-refractivity contribution in [3.05, 3.63) is 11.9 Å². The number of carbonyl (C=O) groups excluding carboxylic acids is 1. The smallest absolute Gasteiger partial charge is 0.249 e. The zero-order valence-corrected chi connectivity index (χ0v) is 11.8. The second-order valence-corrected chi connectivity index (χ2v) is 5.10. The largest absolute Gasteiger partial charge is 0.368 e. The lowest BCUT2D eigenvalue weighted by Gasteiger charge is -2.10. The van der Waals surface area contributed by atoms with E-state index in [0.29, 0.717) is 19.7 Å². The van der Waals surface area contributed by atoms with Crippen molar-refractivity contribution in [2.24, 2.45) is 7.05 Å². The number of nitrogens with one attached hydrogen (secondary N) is 1. The van der Waals surface area contributed by atoms with E-state index in [2.05, 4.69) is 15.5 Å². The third kappa shape index (κ3) is 2.29. The molecule has 0 unspecified atom stereocenters. The number of fused-ring (bicyclic) bond motifs is 1. The average molecular weight is 277 g/mol. The summed E-state index contributed by atoms with van der Waals surface area (Å²) in [5.74, 6) is -0.0196. The van der Waals surface area contributed by atoms with Crippen molar-refractivity contribution in [3.8, 4) is 0 Å². The van der Waals surface area contributed by atoms with Crippen LogP contribution in [0.1, 0.15) is 18.5 Å². The molecule has 1 amide bonds. The third-order valence-corrected chi connectivity index (χ3v) is 3.66. The first-order valence-corrected chi connectivity index (χ1v) is 6.91. The van der Waals surface area contributed by atoms with Gasteiger partial charge in [-0.25, -0.2) is 0 Å². The van der Waals surface area contributed by atoms with E-state index in [9.17, 15) is 4.79 Å². The van der Waals surface area contributed by atoms with Crippen molar-refractivity contribution in [2.45, 2.75) is 32.4 Å². The number of aromatic nitrogens is 4. The van der Waals surface area contributed by atoms with Crippen molar-refractivity contribution >= 4 is 16.9 Å². The minimum Gasteiger partial charge on any atom is -0.368 e. The summed E-state index contributed by atoms with van der Waals surface area (Å²) in [6, 6.07) is 0. The van der Waals surface area contributed by atoms with E-state index in [1.54, 1.807) is 6.20 Å². The lowest BCUT2D eigenvalue weighted by molar-refractivity contribution is -0.130. The van der Waals surface area contributed by atoms with Gasteiger partial charge in [-0.05, 0) is 19.8 Å². The van der Waals surface area contributed by atoms with Gasteiger partial charge in [-0.2, -0.15) is 10.2 Å². The number of aryl methyl sites for hydroxylation is 2. The SMILES string of the molecule is Cc1nn(C)c2cnn(CCNC(=O)[C@@H]3CCCO3)c12. The van der Waals surface area contributed by atoms with E-state index in [0.717, 1.165) is 29.6 Å². The summed E-state index contributed by atoms with van der Waals surface area (Å²) in [6.07, 6.45) is 3.32. The van der Waals surface area contributed by atoms with Crippen LogP contribution in [0.2, 0.25) is 0 Å². The molecule has 3 rings (SSSR count). The van der Waals surface area contributed by atoms with E-state index >= 15 is 0 Å². The average Bonchev–Trinajstić information content (AvgIpc) is 3.11. The normalized spacial score (nSPS) is 18.8. The molecule has 1 saturated heterocycles. The molecule has 1 N–H and O–H groups in total. The van der Waals surface area contributed by atoms with Crippen molar-refractivity contribution in [3.63, 3.8) is 0 Å². The standard InChI is InChI=1S/C13H19N5O2/c1-9-12-10(17(2)16-9)8-15-18(12)6-5-14-13(19)11-4-3-7-20-11/h8,11H,3-7H2,1-2H3,(H,14,19)/t11-/m0/s1. The summed E-state index contributed by atoms with van der Waals surface area (Å²) in [7, 11) is 1.90. The van der Waals surface area contributed by atoms with Gasteiger partial charge in [0.2, 0.25) is 5.91 Å². The number of carbonyl (C=O) groups is 1. The van der Waals surface area contributed by atoms with E-state index in [1.165, 1.54) is 0 Å². The summed E-state index contributed by atoms with van der Waals surface area (Å²) in [5, 5.41) is 11.6. The molecule has 3 heterocycles. The Bertz CT molecular complexity index is 624. The van der Waals surface area contributed by atoms with Crippen LogP contribution in [0.15, 0.2) is 6.20 Å². The topological polar surface area (TPSA) is 74.0 Å². The summed E-state index contributed by atoms with van der Waals surface area (Å²) < 4.78 is 9.05. The lowest BCUT2D eigenvalue weighted by atomic mass is 10.2. The second kappa shape index (κ2) is 5.24. The van der Waals surface area contributed by atoms with Crippen molar-refractivity contribution in [2.75, 3.05) is 13.2 Å². The van der Waals surface area contributed by atoms with Crippen LogP contribution in [-0.4, -0.2) is 44.7 Å². The summed E-state index contributed by atoms with van der Waals surface area (Å²) in [4.78, 5) is 11.8. The quantitative estimate of drug-likeness (QED) is 0.876. The van der Waals surface area contributed by atoms with Crippen molar-refractivity contribution in [1.29, 1.82) is 0 Å². The Morgan fingerprint density at radius 3 is 3.20 bits per heavy atom. The molecule has 0 radical (unpaired) electrons. The first-order valence-electron chi connectivity index (χ1n) is 6.91. The van der Waals surface area contributed by atoms with Gasteiger partial charge in [-0.1, -0.05) is 0 Å². The minimum absolute atomic E-state index is 0.0196. The maximum absolute atomic E-state index is 11.8. The molecule has 7 heteroatoms. The molecule has 0 spiro atoms. The molecule has 2 aromatic heterocycles. The molecule has 0 saturated carbocycles. The van der Waals surface area contributed by atoms with Crippen LogP contribution in [0.25, 0.3) is 11.0 Å². The fourth-order valence-electron chi connectivity index (χ4n) is 2.66. The number of hydrogen-bond donors (Lipinski definition) is 1. The zero-order chi connectivity index (χ0) is 14.1. The molecule has 0 bridgehead atoms. The van der Waals surface area contributed by atoms with E-state index in [-0.39, 0.29) is 12.0 Å². The molecule has 20 heavy (non-hydrogen) atoms. The molecular weight excluding hydrogens is 258 g/mol. The van der Waals surface area contributed by atoms with Crippen LogP contribution in [0.5, 0.6) is 0 Å². The van der Waals surface area contributed by atoms with E-state index < -0.39 is 0 Å². The maximum atomic E-state index is 11.8. The zero-order valence-electron chi connectivity index (χ0n) is 11.8. The summed E-state index contributed by atoms with van der Waals surface area (Å²) in [6.45, 7) is 3.83. The Morgan fingerprint density at radius 2 is 2.45 bits per heavy atom. The molecule has 1 aliphatic heterocycles. The third-order valence-electron chi connectivity index (χ3n) is 3.66. The Labute approximate surface area is 116 Å². The molecule has 0 aliphatic carbocycles. The van der Waals surface area contributed by atoms with Crippen LogP contribution >= 0.6 is 0 Å². The van der Waals surface area contributed by atoms with Crippen molar-refractivity contribution in [1.82, 2.24) is 24.9 Å². The Balaban J connectivity index is 1.61. The molecule has 7 nitrogen and oxygen atoms in total. The van der Waals surface area contributed by atoms with Gasteiger partial charge in [0.1, 0.15) is 17.1 Å². The first kappa shape index (κ1) is 13.1. The molecule has 1 fully saturated rings. The predicted octanol–water partition coefficient (Wildman–Crippen LogP) is 0.373. The summed E-state index contributed by atoms with van der Waals surface area (Å²) >= 11 is 0. The van der Waals surface area contributed by atoms with Gasteiger partial charge in [-0.3, -0.25) is 14.2 Å². The van der Waals surface area contributed by atoms with Gasteiger partial charge in [0.05, 0.1) is 18.4 Å². The highest BCUT2D eigenvalue weighted by atomic mass is 16.5. The number of nitrogens with zero attached hydrogens (tertiary/aromatic N) is 4. The van der Waals surface area contributed by atoms with Crippen LogP contribution in [0, 0.1) is 6.92 Å². The molecule has 1 atom stereocenters. The highest BCUT2D eigenvalue weighted by Gasteiger charge is 2.23. The van der Waals surface area contributed by atoms with Gasteiger partial charge < -0.3 is 10.1 Å². The Morgan fingerprint density at radius 1 is 1.60 bits per heavy atom. The van der Waals surface area contributed by atoms with E-state index in [4.69, 9.17) is 4.74 Å². The number of rotatable bonds is 4. The molecule has 0 aromatic carbocycles. The molecular formula is C13H19N5O2. The molecule has 1 aliphatic rings. The Kier molecular flexibility index (Phi) is 3.43. The molecule has 2 aromatic rings. The number of ether oxygens (including phenoxy) is 1. The van der Waals surface area contributed by atoms with E-state index in [1.807, 2.05) is 23.3 Å². The van der Waals surface area contributed by atoms with Gasteiger partial charge >= 0.3 is 0 Å². The maximum Gasteiger partial charge on any atom is 0.249 e. The summed E-state index contributed by atoms with van der Waals surface area (Å²) in [5.41, 5.74) is 2.98. The van der Waals surface area contributed by atoms with Crippen LogP contribution < -0.4 is 5.32 Å². The fourth-order valence-corrected chi connectivity index (χ4v) is 2.66. The van der Waals surface area contributed by atoms with Crippen LogP contribution in [-0.2, 0) is 23.1 Å². The Hall–Kier alpha value is -1.89. The van der Waals surface area contributed by atoms with Crippen LogP contribution in [0.3, 0.4) is 0 Å². The van der Waals surface area contributed by atoms with Gasteiger partial charge in [-0.15, -0.1) is 0 Å². The molecule has 108 valence electrons. The highest BCUT2D eigenvalue weighted by molar-refractivity contribution is 5.81.